The Hall–Kier alpha value is -4.51. The van der Waals surface area contributed by atoms with E-state index < -0.39 is 11.8 Å². The molecule has 3 N–H and O–H groups in total. The van der Waals surface area contributed by atoms with Gasteiger partial charge in [-0.05, 0) is 60.9 Å². The Morgan fingerprint density at radius 2 is 1.27 bits per heavy atom. The first kappa shape index (κ1) is 37.3. The molecule has 52 heavy (non-hydrogen) atoms. The van der Waals surface area contributed by atoms with Crippen molar-refractivity contribution in [3.63, 3.8) is 0 Å². The van der Waals surface area contributed by atoms with Crippen molar-refractivity contribution < 1.29 is 23.9 Å². The molecule has 0 saturated heterocycles. The fourth-order valence-electron chi connectivity index (χ4n) is 7.04. The molecule has 1 heterocycles. The Bertz CT molecular complexity index is 1770. The maximum atomic E-state index is 13.9. The first-order valence-corrected chi connectivity index (χ1v) is 18.8. The zero-order valence-corrected chi connectivity index (χ0v) is 30.2. The molecular formula is C41H48ClN5O5. The summed E-state index contributed by atoms with van der Waals surface area (Å²) in [6.07, 6.45) is 7.52. The van der Waals surface area contributed by atoms with Gasteiger partial charge in [-0.25, -0.2) is 4.68 Å². The molecule has 6 rings (SSSR count). The monoisotopic (exact) mass is 725 g/mol. The molecule has 274 valence electrons. The summed E-state index contributed by atoms with van der Waals surface area (Å²) >= 11 is 6.12. The van der Waals surface area contributed by atoms with E-state index in [1.54, 1.807) is 6.07 Å². The van der Waals surface area contributed by atoms with Crippen LogP contribution in [0.1, 0.15) is 89.0 Å². The molecule has 0 bridgehead atoms. The van der Waals surface area contributed by atoms with Crippen LogP contribution in [-0.4, -0.2) is 58.3 Å². The molecule has 2 aliphatic carbocycles. The Morgan fingerprint density at radius 3 is 1.88 bits per heavy atom. The third kappa shape index (κ3) is 10.8. The number of ether oxygens (including phenoxy) is 2. The lowest BCUT2D eigenvalue weighted by atomic mass is 9.92. The summed E-state index contributed by atoms with van der Waals surface area (Å²) in [5.74, 6) is -1.13. The third-order valence-electron chi connectivity index (χ3n) is 9.81. The molecule has 2 saturated carbocycles. The molecule has 3 aromatic carbocycles. The normalized spacial score (nSPS) is 20.2. The van der Waals surface area contributed by atoms with E-state index in [0.717, 1.165) is 68.1 Å². The maximum absolute atomic E-state index is 13.9. The smallest absolute Gasteiger partial charge is 0.271 e. The number of rotatable bonds is 15. The van der Waals surface area contributed by atoms with Crippen LogP contribution in [0.15, 0.2) is 91.0 Å². The fourth-order valence-corrected chi connectivity index (χ4v) is 7.26. The highest BCUT2D eigenvalue weighted by molar-refractivity contribution is 6.30. The molecule has 0 unspecified atom stereocenters. The van der Waals surface area contributed by atoms with Crippen molar-refractivity contribution in [3.8, 4) is 0 Å². The number of halogens is 1. The number of carbonyl (C=O) groups excluding carboxylic acids is 3. The number of hydrogen-bond donors (Lipinski definition) is 3. The highest BCUT2D eigenvalue weighted by atomic mass is 35.5. The van der Waals surface area contributed by atoms with Crippen LogP contribution in [0.3, 0.4) is 0 Å². The van der Waals surface area contributed by atoms with Gasteiger partial charge in [0.15, 0.2) is 5.69 Å². The van der Waals surface area contributed by atoms with E-state index in [1.807, 2.05) is 78.9 Å². The molecule has 4 aromatic rings. The molecule has 2 fully saturated rings. The van der Waals surface area contributed by atoms with E-state index in [1.165, 1.54) is 10.7 Å². The second-order valence-electron chi connectivity index (χ2n) is 13.7. The third-order valence-corrected chi connectivity index (χ3v) is 10.0. The molecule has 0 spiro atoms. The lowest BCUT2D eigenvalue weighted by Gasteiger charge is -2.32. The Labute approximate surface area is 310 Å². The average molecular weight is 726 g/mol. The van der Waals surface area contributed by atoms with Crippen molar-refractivity contribution in [1.29, 1.82) is 0 Å². The van der Waals surface area contributed by atoms with Gasteiger partial charge in [-0.2, -0.15) is 5.10 Å². The second-order valence-corrected chi connectivity index (χ2v) is 14.1. The molecule has 10 nitrogen and oxygen atoms in total. The van der Waals surface area contributed by atoms with E-state index in [4.69, 9.17) is 21.1 Å². The van der Waals surface area contributed by atoms with Crippen LogP contribution in [-0.2, 0) is 40.4 Å². The topological polar surface area (TPSA) is 124 Å². The number of nitrogens with one attached hydrogen (secondary N) is 3. The predicted octanol–water partition coefficient (Wildman–Crippen LogP) is 6.41. The molecule has 1 aromatic heterocycles. The number of hydrogen-bond acceptors (Lipinski definition) is 6. The van der Waals surface area contributed by atoms with Crippen LogP contribution in [0, 0.1) is 0 Å². The quantitative estimate of drug-likeness (QED) is 0.130. The van der Waals surface area contributed by atoms with Gasteiger partial charge >= 0.3 is 0 Å². The van der Waals surface area contributed by atoms with Gasteiger partial charge in [0.05, 0.1) is 37.5 Å². The molecule has 3 amide bonds. The zero-order chi connectivity index (χ0) is 36.1. The van der Waals surface area contributed by atoms with Gasteiger partial charge in [-0.3, -0.25) is 14.4 Å². The molecule has 11 heteroatoms. The minimum Gasteiger partial charge on any atom is -0.371 e. The lowest BCUT2D eigenvalue weighted by Crippen LogP contribution is -2.48. The van der Waals surface area contributed by atoms with Crippen LogP contribution in [0.4, 0.5) is 0 Å². The molecule has 4 atom stereocenters. The van der Waals surface area contributed by atoms with Crippen LogP contribution >= 0.6 is 11.6 Å². The molecule has 0 aliphatic heterocycles. The van der Waals surface area contributed by atoms with Gasteiger partial charge in [-0.15, -0.1) is 0 Å². The Kier molecular flexibility index (Phi) is 13.5. The van der Waals surface area contributed by atoms with Gasteiger partial charge in [0, 0.05) is 17.6 Å². The van der Waals surface area contributed by atoms with E-state index in [0.29, 0.717) is 31.2 Å². The number of carbonyl (C=O) groups is 3. The molecule has 2 aliphatic rings. The fraction of sp³-hybridized carbons (Fsp3) is 0.415. The SMILES string of the molecule is O=C(Cn1nc(C(=O)NCCc2cccc(Cl)c2)cc1C(=O)N[C@H]1CCCC[C@@H]1OCc1ccccc1)N[C@H]1CCCC[C@@H]1OCc1ccccc1. The van der Waals surface area contributed by atoms with Crippen LogP contribution in [0.5, 0.6) is 0 Å². The summed E-state index contributed by atoms with van der Waals surface area (Å²) in [5, 5.41) is 14.3. The first-order chi connectivity index (χ1) is 25.4. The standard InChI is InChI=1S/C41H48ClN5O5/c42-32-17-11-16-29(24-32)22-23-43-40(49)35-25-36(41(50)45-34-19-8-10-21-38(34)52-28-31-14-5-2-6-15-31)47(46-35)26-39(48)44-33-18-7-9-20-37(33)51-27-30-12-3-1-4-13-30/h1-6,11-17,24-25,33-34,37-38H,7-10,18-23,26-28H2,(H,43,49)(H,44,48)(H,45,50)/t33-,34-,37-,38-/m0/s1. The highest BCUT2D eigenvalue weighted by Crippen LogP contribution is 2.24. The second kappa shape index (κ2) is 18.8. The summed E-state index contributed by atoms with van der Waals surface area (Å²) in [5.41, 5.74) is 3.34. The van der Waals surface area contributed by atoms with Crippen LogP contribution < -0.4 is 16.0 Å². The van der Waals surface area contributed by atoms with Gasteiger partial charge < -0.3 is 25.4 Å². The molecular weight excluding hydrogens is 678 g/mol. The van der Waals surface area contributed by atoms with Gasteiger partial charge in [0.2, 0.25) is 5.91 Å². The Balaban J connectivity index is 1.13. The van der Waals surface area contributed by atoms with Crippen molar-refractivity contribution in [2.45, 2.75) is 102 Å². The minimum absolute atomic E-state index is 0.0614. The van der Waals surface area contributed by atoms with Gasteiger partial charge in [-0.1, -0.05) is 110 Å². The summed E-state index contributed by atoms with van der Waals surface area (Å²) in [6, 6.07) is 28.5. The van der Waals surface area contributed by atoms with Crippen molar-refractivity contribution in [2.75, 3.05) is 6.54 Å². The predicted molar refractivity (Wildman–Crippen MR) is 200 cm³/mol. The highest BCUT2D eigenvalue weighted by Gasteiger charge is 2.31. The lowest BCUT2D eigenvalue weighted by molar-refractivity contribution is -0.124. The number of nitrogens with zero attached hydrogens (tertiary/aromatic N) is 2. The van der Waals surface area contributed by atoms with Crippen molar-refractivity contribution >= 4 is 29.3 Å². The van der Waals surface area contributed by atoms with Crippen molar-refractivity contribution in [3.05, 3.63) is 124 Å². The van der Waals surface area contributed by atoms with E-state index in [-0.39, 0.29) is 48.1 Å². The van der Waals surface area contributed by atoms with E-state index in [9.17, 15) is 14.4 Å². The first-order valence-electron chi connectivity index (χ1n) is 18.4. The van der Waals surface area contributed by atoms with Crippen molar-refractivity contribution in [2.24, 2.45) is 0 Å². The minimum atomic E-state index is -0.432. The average Bonchev–Trinajstić information content (AvgIpc) is 3.59. The Morgan fingerprint density at radius 1 is 0.692 bits per heavy atom. The summed E-state index contributed by atoms with van der Waals surface area (Å²) in [7, 11) is 0. The van der Waals surface area contributed by atoms with Gasteiger partial charge in [0.25, 0.3) is 11.8 Å². The van der Waals surface area contributed by atoms with E-state index >= 15 is 0 Å². The summed E-state index contributed by atoms with van der Waals surface area (Å²) in [6.45, 7) is 1.04. The number of benzene rings is 3. The zero-order valence-electron chi connectivity index (χ0n) is 29.5. The molecule has 0 radical (unpaired) electrons. The van der Waals surface area contributed by atoms with Gasteiger partial charge in [0.1, 0.15) is 12.2 Å². The summed E-state index contributed by atoms with van der Waals surface area (Å²) < 4.78 is 13.9. The largest absolute Gasteiger partial charge is 0.371 e. The number of aromatic nitrogens is 2. The number of amides is 3. The van der Waals surface area contributed by atoms with E-state index in [2.05, 4.69) is 21.0 Å². The van der Waals surface area contributed by atoms with Crippen LogP contribution in [0.2, 0.25) is 5.02 Å². The summed E-state index contributed by atoms with van der Waals surface area (Å²) in [4.78, 5) is 40.8. The van der Waals surface area contributed by atoms with Crippen molar-refractivity contribution in [1.82, 2.24) is 25.7 Å². The maximum Gasteiger partial charge on any atom is 0.271 e. The van der Waals surface area contributed by atoms with Crippen LogP contribution in [0.25, 0.3) is 0 Å².